The fourth-order valence-electron chi connectivity index (χ4n) is 1.60. The van der Waals surface area contributed by atoms with Gasteiger partial charge in [0.1, 0.15) is 5.75 Å². The van der Waals surface area contributed by atoms with Gasteiger partial charge in [0.2, 0.25) is 0 Å². The van der Waals surface area contributed by atoms with Crippen LogP contribution < -0.4 is 4.74 Å². The lowest BCUT2D eigenvalue weighted by molar-refractivity contribution is -0.151. The van der Waals surface area contributed by atoms with E-state index in [4.69, 9.17) is 14.2 Å². The van der Waals surface area contributed by atoms with Gasteiger partial charge in [-0.1, -0.05) is 19.4 Å². The first-order valence-electron chi connectivity index (χ1n) is 7.19. The van der Waals surface area contributed by atoms with E-state index >= 15 is 0 Å². The average Bonchev–Trinajstić information content (AvgIpc) is 2.48. The Kier molecular flexibility index (Phi) is 7.29. The molecule has 0 aliphatic heterocycles. The molecule has 21 heavy (non-hydrogen) atoms. The van der Waals surface area contributed by atoms with E-state index in [-0.39, 0.29) is 0 Å². The summed E-state index contributed by atoms with van der Waals surface area (Å²) in [6, 6.07) is 6.54. The molecule has 1 rings (SSSR count). The Labute approximate surface area is 125 Å². The average molecular weight is 294 g/mol. The molecule has 5 nitrogen and oxygen atoms in total. The van der Waals surface area contributed by atoms with Crippen LogP contribution in [0.4, 0.5) is 0 Å². The predicted octanol–water partition coefficient (Wildman–Crippen LogP) is 2.97. The SMILES string of the molecule is CCCCOC(=O)C(C)Oc1cccc(C(=O)OCC)c1. The smallest absolute Gasteiger partial charge is 0.347 e. The molecule has 1 aromatic carbocycles. The minimum atomic E-state index is -0.723. The summed E-state index contributed by atoms with van der Waals surface area (Å²) >= 11 is 0. The van der Waals surface area contributed by atoms with Crippen LogP contribution in [0.25, 0.3) is 0 Å². The summed E-state index contributed by atoms with van der Waals surface area (Å²) in [5.41, 5.74) is 0.390. The van der Waals surface area contributed by atoms with Crippen molar-refractivity contribution in [2.45, 2.75) is 39.7 Å². The van der Waals surface area contributed by atoms with Crippen molar-refractivity contribution in [3.05, 3.63) is 29.8 Å². The molecule has 1 aromatic rings. The normalized spacial score (nSPS) is 11.6. The maximum absolute atomic E-state index is 11.7. The molecule has 0 saturated carbocycles. The number of carbonyl (C=O) groups is 2. The number of ether oxygens (including phenoxy) is 3. The van der Waals surface area contributed by atoms with Gasteiger partial charge in [0.25, 0.3) is 0 Å². The van der Waals surface area contributed by atoms with E-state index < -0.39 is 18.0 Å². The summed E-state index contributed by atoms with van der Waals surface area (Å²) in [5.74, 6) is -0.397. The molecule has 0 radical (unpaired) electrons. The highest BCUT2D eigenvalue weighted by Gasteiger charge is 2.17. The van der Waals surface area contributed by atoms with Crippen molar-refractivity contribution in [1.29, 1.82) is 0 Å². The number of carbonyl (C=O) groups excluding carboxylic acids is 2. The van der Waals surface area contributed by atoms with Gasteiger partial charge in [-0.25, -0.2) is 9.59 Å². The van der Waals surface area contributed by atoms with Crippen LogP contribution in [0.1, 0.15) is 44.0 Å². The number of unbranched alkanes of at least 4 members (excludes halogenated alkanes) is 1. The highest BCUT2D eigenvalue weighted by molar-refractivity contribution is 5.89. The van der Waals surface area contributed by atoms with Gasteiger partial charge in [-0.15, -0.1) is 0 Å². The number of hydrogen-bond donors (Lipinski definition) is 0. The monoisotopic (exact) mass is 294 g/mol. The zero-order valence-corrected chi connectivity index (χ0v) is 12.8. The van der Waals surface area contributed by atoms with Gasteiger partial charge in [0, 0.05) is 0 Å². The third kappa shape index (κ3) is 5.85. The molecule has 0 amide bonds. The molecule has 0 aliphatic carbocycles. The molecular weight excluding hydrogens is 272 g/mol. The Balaban J connectivity index is 2.59. The number of hydrogen-bond acceptors (Lipinski definition) is 5. The maximum atomic E-state index is 11.7. The fourth-order valence-corrected chi connectivity index (χ4v) is 1.60. The van der Waals surface area contributed by atoms with Gasteiger partial charge in [0.15, 0.2) is 6.10 Å². The van der Waals surface area contributed by atoms with E-state index in [1.807, 2.05) is 6.92 Å². The maximum Gasteiger partial charge on any atom is 0.347 e. The van der Waals surface area contributed by atoms with Gasteiger partial charge in [0.05, 0.1) is 18.8 Å². The molecule has 5 heteroatoms. The molecule has 0 fully saturated rings. The predicted molar refractivity (Wildman–Crippen MR) is 78.4 cm³/mol. The van der Waals surface area contributed by atoms with Crippen LogP contribution in [-0.4, -0.2) is 31.3 Å². The molecule has 0 spiro atoms. The van der Waals surface area contributed by atoms with E-state index in [2.05, 4.69) is 0 Å². The van der Waals surface area contributed by atoms with Gasteiger partial charge >= 0.3 is 11.9 Å². The molecule has 0 aliphatic rings. The Morgan fingerprint density at radius 3 is 2.62 bits per heavy atom. The molecule has 0 N–H and O–H groups in total. The topological polar surface area (TPSA) is 61.8 Å². The zero-order chi connectivity index (χ0) is 15.7. The molecule has 1 unspecified atom stereocenters. The van der Waals surface area contributed by atoms with E-state index in [0.717, 1.165) is 12.8 Å². The second kappa shape index (κ2) is 9.00. The van der Waals surface area contributed by atoms with Crippen molar-refractivity contribution in [3.8, 4) is 5.75 Å². The summed E-state index contributed by atoms with van der Waals surface area (Å²) in [6.45, 7) is 6.09. The highest BCUT2D eigenvalue weighted by atomic mass is 16.6. The molecule has 0 saturated heterocycles. The highest BCUT2D eigenvalue weighted by Crippen LogP contribution is 2.16. The second-order valence-electron chi connectivity index (χ2n) is 4.53. The van der Waals surface area contributed by atoms with Crippen molar-refractivity contribution in [3.63, 3.8) is 0 Å². The van der Waals surface area contributed by atoms with E-state index in [0.29, 0.717) is 24.5 Å². The van der Waals surface area contributed by atoms with Crippen molar-refractivity contribution in [1.82, 2.24) is 0 Å². The first kappa shape index (κ1) is 17.0. The summed E-state index contributed by atoms with van der Waals surface area (Å²) in [6.07, 6.45) is 1.07. The van der Waals surface area contributed by atoms with Crippen LogP contribution in [0.5, 0.6) is 5.75 Å². The van der Waals surface area contributed by atoms with E-state index in [9.17, 15) is 9.59 Å². The van der Waals surface area contributed by atoms with Crippen LogP contribution in [0.3, 0.4) is 0 Å². The largest absolute Gasteiger partial charge is 0.479 e. The van der Waals surface area contributed by atoms with Gasteiger partial charge in [-0.3, -0.25) is 0 Å². The fraction of sp³-hybridized carbons (Fsp3) is 0.500. The molecule has 116 valence electrons. The Morgan fingerprint density at radius 1 is 1.19 bits per heavy atom. The third-order valence-electron chi connectivity index (χ3n) is 2.73. The lowest BCUT2D eigenvalue weighted by Gasteiger charge is -2.14. The minimum absolute atomic E-state index is 0.310. The van der Waals surface area contributed by atoms with E-state index in [1.165, 1.54) is 0 Å². The van der Waals surface area contributed by atoms with Crippen LogP contribution in [0.2, 0.25) is 0 Å². The minimum Gasteiger partial charge on any atom is -0.479 e. The Morgan fingerprint density at radius 2 is 1.95 bits per heavy atom. The second-order valence-corrected chi connectivity index (χ2v) is 4.53. The molecular formula is C16H22O5. The zero-order valence-electron chi connectivity index (χ0n) is 12.8. The summed E-state index contributed by atoms with van der Waals surface area (Å²) in [5, 5.41) is 0. The molecule has 0 heterocycles. The lowest BCUT2D eigenvalue weighted by atomic mass is 10.2. The summed E-state index contributed by atoms with van der Waals surface area (Å²) < 4.78 is 15.5. The quantitative estimate of drug-likeness (QED) is 0.545. The third-order valence-corrected chi connectivity index (χ3v) is 2.73. The summed E-state index contributed by atoms with van der Waals surface area (Å²) in [4.78, 5) is 23.3. The van der Waals surface area contributed by atoms with Crippen molar-refractivity contribution in [2.24, 2.45) is 0 Å². The summed E-state index contributed by atoms with van der Waals surface area (Å²) in [7, 11) is 0. The number of esters is 2. The lowest BCUT2D eigenvalue weighted by Crippen LogP contribution is -2.26. The molecule has 0 bridgehead atoms. The van der Waals surface area contributed by atoms with Gasteiger partial charge < -0.3 is 14.2 Å². The molecule has 1 atom stereocenters. The van der Waals surface area contributed by atoms with E-state index in [1.54, 1.807) is 38.1 Å². The van der Waals surface area contributed by atoms with Gasteiger partial charge in [-0.05, 0) is 38.5 Å². The first-order chi connectivity index (χ1) is 10.1. The van der Waals surface area contributed by atoms with Gasteiger partial charge in [-0.2, -0.15) is 0 Å². The Hall–Kier alpha value is -2.04. The Bertz CT molecular complexity index is 469. The van der Waals surface area contributed by atoms with Crippen molar-refractivity contribution < 1.29 is 23.8 Å². The number of rotatable bonds is 8. The van der Waals surface area contributed by atoms with Crippen molar-refractivity contribution in [2.75, 3.05) is 13.2 Å². The molecule has 0 aromatic heterocycles. The van der Waals surface area contributed by atoms with Crippen LogP contribution in [0.15, 0.2) is 24.3 Å². The number of benzene rings is 1. The van der Waals surface area contributed by atoms with Crippen LogP contribution in [0, 0.1) is 0 Å². The standard InChI is InChI=1S/C16H22O5/c1-4-6-10-20-15(17)12(3)21-14-9-7-8-13(11-14)16(18)19-5-2/h7-9,11-12H,4-6,10H2,1-3H3. The van der Waals surface area contributed by atoms with Crippen molar-refractivity contribution >= 4 is 11.9 Å². The first-order valence-corrected chi connectivity index (χ1v) is 7.19. The van der Waals surface area contributed by atoms with Crippen LogP contribution >= 0.6 is 0 Å². The van der Waals surface area contributed by atoms with Crippen LogP contribution in [-0.2, 0) is 14.3 Å².